The number of hydrogen-bond donors (Lipinski definition) is 2. The number of benzene rings is 2. The second-order valence-electron chi connectivity index (χ2n) is 6.12. The SMILES string of the molecule is CN(CC(=O)Nc1ccc2ccccc2c1)CC(=O)NC1CC1. The van der Waals surface area contributed by atoms with Crippen LogP contribution in [0.15, 0.2) is 42.5 Å². The second-order valence-corrected chi connectivity index (χ2v) is 6.12. The van der Waals surface area contributed by atoms with Crippen molar-refractivity contribution < 1.29 is 9.59 Å². The maximum Gasteiger partial charge on any atom is 0.238 e. The highest BCUT2D eigenvalue weighted by Gasteiger charge is 2.23. The largest absolute Gasteiger partial charge is 0.352 e. The summed E-state index contributed by atoms with van der Waals surface area (Å²) in [5.41, 5.74) is 0.768. The van der Waals surface area contributed by atoms with E-state index >= 15 is 0 Å². The Morgan fingerprint density at radius 1 is 1.04 bits per heavy atom. The van der Waals surface area contributed by atoms with Crippen molar-refractivity contribution in [1.82, 2.24) is 10.2 Å². The average molecular weight is 311 g/mol. The summed E-state index contributed by atoms with van der Waals surface area (Å²) in [6, 6.07) is 14.2. The van der Waals surface area contributed by atoms with E-state index in [2.05, 4.69) is 10.6 Å². The molecule has 0 spiro atoms. The smallest absolute Gasteiger partial charge is 0.238 e. The zero-order chi connectivity index (χ0) is 16.2. The van der Waals surface area contributed by atoms with Crippen molar-refractivity contribution in [2.24, 2.45) is 0 Å². The molecule has 0 aromatic heterocycles. The average Bonchev–Trinajstić information content (AvgIpc) is 3.30. The Balaban J connectivity index is 1.51. The maximum absolute atomic E-state index is 12.1. The molecule has 0 bridgehead atoms. The first-order valence-electron chi connectivity index (χ1n) is 7.87. The Kier molecular flexibility index (Phi) is 4.57. The van der Waals surface area contributed by atoms with Crippen LogP contribution >= 0.6 is 0 Å². The van der Waals surface area contributed by atoms with Crippen LogP contribution in [0.5, 0.6) is 0 Å². The first kappa shape index (κ1) is 15.5. The number of hydrogen-bond acceptors (Lipinski definition) is 3. The fourth-order valence-corrected chi connectivity index (χ4v) is 2.51. The molecule has 0 heterocycles. The predicted molar refractivity (Wildman–Crippen MR) is 91.2 cm³/mol. The summed E-state index contributed by atoms with van der Waals surface area (Å²) in [7, 11) is 1.77. The summed E-state index contributed by atoms with van der Waals surface area (Å²) in [6.07, 6.45) is 2.13. The van der Waals surface area contributed by atoms with E-state index in [9.17, 15) is 9.59 Å². The third kappa shape index (κ3) is 4.53. The van der Waals surface area contributed by atoms with Crippen molar-refractivity contribution in [3.8, 4) is 0 Å². The molecule has 1 saturated carbocycles. The molecule has 0 unspecified atom stereocenters. The van der Waals surface area contributed by atoms with Gasteiger partial charge in [0.05, 0.1) is 13.1 Å². The van der Waals surface area contributed by atoms with Crippen molar-refractivity contribution in [1.29, 1.82) is 0 Å². The van der Waals surface area contributed by atoms with Gasteiger partial charge in [0.25, 0.3) is 0 Å². The molecule has 2 amide bonds. The van der Waals surface area contributed by atoms with Crippen LogP contribution in [0.2, 0.25) is 0 Å². The molecule has 2 aromatic carbocycles. The van der Waals surface area contributed by atoms with Gasteiger partial charge in [-0.1, -0.05) is 30.3 Å². The van der Waals surface area contributed by atoms with Crippen LogP contribution in [0.1, 0.15) is 12.8 Å². The first-order valence-corrected chi connectivity index (χ1v) is 7.87. The van der Waals surface area contributed by atoms with Crippen LogP contribution in [0.3, 0.4) is 0 Å². The molecule has 23 heavy (non-hydrogen) atoms. The monoisotopic (exact) mass is 311 g/mol. The number of anilines is 1. The normalized spacial score (nSPS) is 14.0. The molecular weight excluding hydrogens is 290 g/mol. The summed E-state index contributed by atoms with van der Waals surface area (Å²) in [5.74, 6) is -0.143. The summed E-state index contributed by atoms with van der Waals surface area (Å²) < 4.78 is 0. The molecule has 5 heteroatoms. The Morgan fingerprint density at radius 2 is 1.74 bits per heavy atom. The van der Waals surface area contributed by atoms with E-state index < -0.39 is 0 Å². The lowest BCUT2D eigenvalue weighted by Crippen LogP contribution is -2.39. The topological polar surface area (TPSA) is 61.4 Å². The van der Waals surface area contributed by atoms with E-state index in [1.165, 1.54) is 0 Å². The number of nitrogens with one attached hydrogen (secondary N) is 2. The number of fused-ring (bicyclic) bond motifs is 1. The molecule has 120 valence electrons. The third-order valence-electron chi connectivity index (χ3n) is 3.80. The minimum absolute atomic E-state index is 0.0199. The predicted octanol–water partition coefficient (Wildman–Crippen LogP) is 1.99. The molecule has 2 aromatic rings. The molecule has 0 atom stereocenters. The van der Waals surface area contributed by atoms with E-state index in [1.807, 2.05) is 42.5 Å². The zero-order valence-corrected chi connectivity index (χ0v) is 13.2. The summed E-state index contributed by atoms with van der Waals surface area (Å²) in [4.78, 5) is 25.5. The lowest BCUT2D eigenvalue weighted by molar-refractivity contribution is -0.123. The maximum atomic E-state index is 12.1. The summed E-state index contributed by atoms with van der Waals surface area (Å²) in [6.45, 7) is 0.423. The number of carbonyl (C=O) groups is 2. The number of rotatable bonds is 6. The first-order chi connectivity index (χ1) is 11.1. The minimum atomic E-state index is -0.123. The van der Waals surface area contributed by atoms with Gasteiger partial charge in [-0.25, -0.2) is 0 Å². The molecule has 5 nitrogen and oxygen atoms in total. The van der Waals surface area contributed by atoms with Gasteiger partial charge < -0.3 is 10.6 Å². The molecule has 1 aliphatic rings. The number of likely N-dealkylation sites (N-methyl/N-ethyl adjacent to an activating group) is 1. The Bertz CT molecular complexity index is 725. The highest BCUT2D eigenvalue weighted by Crippen LogP contribution is 2.19. The minimum Gasteiger partial charge on any atom is -0.352 e. The number of carbonyl (C=O) groups excluding carboxylic acids is 2. The molecule has 1 aliphatic carbocycles. The van der Waals surface area contributed by atoms with Gasteiger partial charge in [-0.05, 0) is 42.8 Å². The van der Waals surface area contributed by atoms with Gasteiger partial charge in [-0.3, -0.25) is 14.5 Å². The van der Waals surface area contributed by atoms with Crippen LogP contribution in [-0.4, -0.2) is 42.9 Å². The van der Waals surface area contributed by atoms with Gasteiger partial charge in [0, 0.05) is 11.7 Å². The quantitative estimate of drug-likeness (QED) is 0.857. The van der Waals surface area contributed by atoms with Gasteiger partial charge in [-0.15, -0.1) is 0 Å². The molecule has 3 rings (SSSR count). The number of amides is 2. The lowest BCUT2D eigenvalue weighted by atomic mass is 10.1. The number of nitrogens with zero attached hydrogens (tertiary/aromatic N) is 1. The standard InChI is InChI=1S/C18H21N3O2/c1-21(11-17(22)19-15-8-9-15)12-18(23)20-16-7-6-13-4-2-3-5-14(13)10-16/h2-7,10,15H,8-9,11-12H2,1H3,(H,19,22)(H,20,23). The summed E-state index contributed by atoms with van der Waals surface area (Å²) in [5, 5.41) is 8.02. The van der Waals surface area contributed by atoms with E-state index in [1.54, 1.807) is 11.9 Å². The fraction of sp³-hybridized carbons (Fsp3) is 0.333. The van der Waals surface area contributed by atoms with Gasteiger partial charge in [0.15, 0.2) is 0 Å². The van der Waals surface area contributed by atoms with Crippen molar-refractivity contribution in [3.63, 3.8) is 0 Å². The van der Waals surface area contributed by atoms with Gasteiger partial charge in [0.2, 0.25) is 11.8 Å². The van der Waals surface area contributed by atoms with Crippen molar-refractivity contribution in [3.05, 3.63) is 42.5 Å². The molecule has 1 fully saturated rings. The van der Waals surface area contributed by atoms with E-state index in [4.69, 9.17) is 0 Å². The van der Waals surface area contributed by atoms with Crippen LogP contribution in [0, 0.1) is 0 Å². The van der Waals surface area contributed by atoms with Gasteiger partial charge >= 0.3 is 0 Å². The Morgan fingerprint density at radius 3 is 2.48 bits per heavy atom. The van der Waals surface area contributed by atoms with E-state index in [0.29, 0.717) is 6.04 Å². The van der Waals surface area contributed by atoms with Crippen LogP contribution in [0.4, 0.5) is 5.69 Å². The Labute approximate surface area is 135 Å². The molecule has 2 N–H and O–H groups in total. The van der Waals surface area contributed by atoms with E-state index in [0.717, 1.165) is 29.3 Å². The van der Waals surface area contributed by atoms with Crippen LogP contribution < -0.4 is 10.6 Å². The molecule has 0 saturated heterocycles. The third-order valence-corrected chi connectivity index (χ3v) is 3.80. The highest BCUT2D eigenvalue weighted by atomic mass is 16.2. The summed E-state index contributed by atoms with van der Waals surface area (Å²) >= 11 is 0. The van der Waals surface area contributed by atoms with Crippen molar-refractivity contribution in [2.45, 2.75) is 18.9 Å². The van der Waals surface area contributed by atoms with Crippen LogP contribution in [-0.2, 0) is 9.59 Å². The van der Waals surface area contributed by atoms with Crippen LogP contribution in [0.25, 0.3) is 10.8 Å². The van der Waals surface area contributed by atoms with Gasteiger partial charge in [-0.2, -0.15) is 0 Å². The van der Waals surface area contributed by atoms with E-state index in [-0.39, 0.29) is 24.9 Å². The highest BCUT2D eigenvalue weighted by molar-refractivity contribution is 5.95. The lowest BCUT2D eigenvalue weighted by Gasteiger charge is -2.16. The second kappa shape index (κ2) is 6.79. The molecule has 0 aliphatic heterocycles. The van der Waals surface area contributed by atoms with Gasteiger partial charge in [0.1, 0.15) is 0 Å². The fourth-order valence-electron chi connectivity index (χ4n) is 2.51. The molecular formula is C18H21N3O2. The Hall–Kier alpha value is -2.40. The zero-order valence-electron chi connectivity index (χ0n) is 13.2. The van der Waals surface area contributed by atoms with Crippen molar-refractivity contribution in [2.75, 3.05) is 25.5 Å². The van der Waals surface area contributed by atoms with Crippen molar-refractivity contribution >= 4 is 28.3 Å². The molecule has 0 radical (unpaired) electrons.